The molecule has 0 radical (unpaired) electrons. The molecule has 1 fully saturated rings. The average molecular weight is 307 g/mol. The van der Waals surface area contributed by atoms with Gasteiger partial charge in [0.25, 0.3) is 0 Å². The summed E-state index contributed by atoms with van der Waals surface area (Å²) in [6, 6.07) is 14.0. The van der Waals surface area contributed by atoms with E-state index in [-0.39, 0.29) is 0 Å². The number of nitrogens with one attached hydrogen (secondary N) is 1. The first-order valence-corrected chi connectivity index (χ1v) is 7.51. The molecule has 4 heteroatoms. The third-order valence-corrected chi connectivity index (χ3v) is 4.24. The van der Waals surface area contributed by atoms with Crippen LogP contribution in [0.5, 0.6) is 0 Å². The number of hydrogen-bond acceptors (Lipinski definition) is 2. The maximum absolute atomic E-state index is 6.45. The number of piperazine rings is 1. The first-order valence-electron chi connectivity index (χ1n) is 6.76. The lowest BCUT2D eigenvalue weighted by Gasteiger charge is -2.29. The highest BCUT2D eigenvalue weighted by atomic mass is 35.5. The quantitative estimate of drug-likeness (QED) is 0.899. The summed E-state index contributed by atoms with van der Waals surface area (Å²) in [6.45, 7) is 4.07. The van der Waals surface area contributed by atoms with Crippen molar-refractivity contribution in [2.45, 2.75) is 0 Å². The summed E-state index contributed by atoms with van der Waals surface area (Å²) in [6.07, 6.45) is 0. The smallest absolute Gasteiger partial charge is 0.0505 e. The lowest BCUT2D eigenvalue weighted by Crippen LogP contribution is -2.43. The van der Waals surface area contributed by atoms with Gasteiger partial charge in [0.05, 0.1) is 5.02 Å². The first kappa shape index (κ1) is 13.7. The average Bonchev–Trinajstić information content (AvgIpc) is 2.49. The zero-order valence-electron chi connectivity index (χ0n) is 11.1. The maximum atomic E-state index is 6.45. The fourth-order valence-corrected chi connectivity index (χ4v) is 3.04. The molecule has 2 aromatic rings. The van der Waals surface area contributed by atoms with Crippen LogP contribution in [0, 0.1) is 0 Å². The van der Waals surface area contributed by atoms with Crippen molar-refractivity contribution in [3.8, 4) is 11.1 Å². The summed E-state index contributed by atoms with van der Waals surface area (Å²) >= 11 is 12.7. The van der Waals surface area contributed by atoms with Crippen molar-refractivity contribution in [3.63, 3.8) is 0 Å². The topological polar surface area (TPSA) is 15.3 Å². The summed E-state index contributed by atoms with van der Waals surface area (Å²) in [4.78, 5) is 2.35. The van der Waals surface area contributed by atoms with E-state index in [0.29, 0.717) is 0 Å². The van der Waals surface area contributed by atoms with E-state index < -0.39 is 0 Å². The molecule has 3 rings (SSSR count). The van der Waals surface area contributed by atoms with Gasteiger partial charge < -0.3 is 10.2 Å². The Hall–Kier alpha value is -1.22. The third kappa shape index (κ3) is 2.78. The molecule has 104 valence electrons. The van der Waals surface area contributed by atoms with E-state index in [1.54, 1.807) is 0 Å². The van der Waals surface area contributed by atoms with Gasteiger partial charge >= 0.3 is 0 Å². The molecule has 2 nitrogen and oxygen atoms in total. The monoisotopic (exact) mass is 306 g/mol. The highest BCUT2D eigenvalue weighted by Gasteiger charge is 2.13. The van der Waals surface area contributed by atoms with Crippen molar-refractivity contribution in [3.05, 3.63) is 52.5 Å². The van der Waals surface area contributed by atoms with Crippen LogP contribution >= 0.6 is 23.2 Å². The standard InChI is InChI=1S/C16H16Cl2N2/c17-15-4-2-1-3-13(15)14-6-5-12(11-16(14)18)20-9-7-19-8-10-20/h1-6,11,19H,7-10H2. The molecule has 0 bridgehead atoms. The second kappa shape index (κ2) is 6.04. The lowest BCUT2D eigenvalue weighted by atomic mass is 10.0. The Kier molecular flexibility index (Phi) is 4.16. The van der Waals surface area contributed by atoms with E-state index in [1.807, 2.05) is 30.3 Å². The number of nitrogens with zero attached hydrogens (tertiary/aromatic N) is 1. The highest BCUT2D eigenvalue weighted by Crippen LogP contribution is 2.35. The van der Waals surface area contributed by atoms with E-state index in [0.717, 1.165) is 47.4 Å². The molecular formula is C16H16Cl2N2. The summed E-state index contributed by atoms with van der Waals surface area (Å²) in [5.41, 5.74) is 3.13. The second-order valence-corrected chi connectivity index (χ2v) is 5.70. The van der Waals surface area contributed by atoms with Crippen LogP contribution in [0.15, 0.2) is 42.5 Å². The molecule has 0 aliphatic carbocycles. The van der Waals surface area contributed by atoms with Gasteiger partial charge in [-0.05, 0) is 18.2 Å². The van der Waals surface area contributed by atoms with E-state index in [1.165, 1.54) is 5.69 Å². The van der Waals surface area contributed by atoms with Gasteiger partial charge in [-0.25, -0.2) is 0 Å². The maximum Gasteiger partial charge on any atom is 0.0505 e. The number of hydrogen-bond donors (Lipinski definition) is 1. The summed E-state index contributed by atoms with van der Waals surface area (Å²) in [5.74, 6) is 0. The number of benzene rings is 2. The molecular weight excluding hydrogens is 291 g/mol. The lowest BCUT2D eigenvalue weighted by molar-refractivity contribution is 0.589. The third-order valence-electron chi connectivity index (χ3n) is 3.60. The van der Waals surface area contributed by atoms with E-state index >= 15 is 0 Å². The molecule has 1 heterocycles. The van der Waals surface area contributed by atoms with Gasteiger partial charge in [0.2, 0.25) is 0 Å². The van der Waals surface area contributed by atoms with Gasteiger partial charge in [0.1, 0.15) is 0 Å². The zero-order chi connectivity index (χ0) is 13.9. The molecule has 0 atom stereocenters. The van der Waals surface area contributed by atoms with Crippen LogP contribution in [-0.4, -0.2) is 26.2 Å². The highest BCUT2D eigenvalue weighted by molar-refractivity contribution is 6.36. The van der Waals surface area contributed by atoms with Crippen molar-refractivity contribution in [1.82, 2.24) is 5.32 Å². The largest absolute Gasteiger partial charge is 0.369 e. The van der Waals surface area contributed by atoms with Crippen molar-refractivity contribution < 1.29 is 0 Å². The normalized spacial score (nSPS) is 15.4. The Bertz CT molecular complexity index is 607. The molecule has 2 aromatic carbocycles. The van der Waals surface area contributed by atoms with E-state index in [9.17, 15) is 0 Å². The van der Waals surface area contributed by atoms with Crippen molar-refractivity contribution in [1.29, 1.82) is 0 Å². The van der Waals surface area contributed by atoms with Crippen LogP contribution in [-0.2, 0) is 0 Å². The minimum atomic E-state index is 0.726. The molecule has 1 N–H and O–H groups in total. The molecule has 0 amide bonds. The van der Waals surface area contributed by atoms with Crippen LogP contribution in [0.1, 0.15) is 0 Å². The van der Waals surface area contributed by atoms with Crippen LogP contribution in [0.4, 0.5) is 5.69 Å². The Labute approximate surface area is 129 Å². The predicted octanol–water partition coefficient (Wildman–Crippen LogP) is 4.07. The molecule has 1 aliphatic rings. The molecule has 1 saturated heterocycles. The fourth-order valence-electron chi connectivity index (χ4n) is 2.52. The van der Waals surface area contributed by atoms with Crippen LogP contribution in [0.25, 0.3) is 11.1 Å². The second-order valence-electron chi connectivity index (χ2n) is 4.88. The zero-order valence-corrected chi connectivity index (χ0v) is 12.6. The SMILES string of the molecule is Clc1ccccc1-c1ccc(N2CCNCC2)cc1Cl. The Morgan fingerprint density at radius 1 is 0.850 bits per heavy atom. The molecule has 1 aliphatic heterocycles. The van der Waals surface area contributed by atoms with Gasteiger partial charge in [0.15, 0.2) is 0 Å². The van der Waals surface area contributed by atoms with Crippen LogP contribution in [0.2, 0.25) is 10.0 Å². The Morgan fingerprint density at radius 2 is 1.55 bits per heavy atom. The molecule has 0 unspecified atom stereocenters. The van der Waals surface area contributed by atoms with Crippen LogP contribution in [0.3, 0.4) is 0 Å². The summed E-state index contributed by atoms with van der Waals surface area (Å²) in [7, 11) is 0. The molecule has 0 spiro atoms. The van der Waals surface area contributed by atoms with Gasteiger partial charge in [-0.3, -0.25) is 0 Å². The van der Waals surface area contributed by atoms with Gasteiger partial charge in [-0.15, -0.1) is 0 Å². The number of rotatable bonds is 2. The van der Waals surface area contributed by atoms with Crippen molar-refractivity contribution >= 4 is 28.9 Å². The Balaban J connectivity index is 1.93. The molecule has 0 aromatic heterocycles. The van der Waals surface area contributed by atoms with E-state index in [2.05, 4.69) is 22.3 Å². The molecule has 20 heavy (non-hydrogen) atoms. The number of halogens is 2. The van der Waals surface area contributed by atoms with Gasteiger partial charge in [0, 0.05) is 48.0 Å². The summed E-state index contributed by atoms with van der Waals surface area (Å²) in [5, 5.41) is 4.82. The number of anilines is 1. The van der Waals surface area contributed by atoms with Gasteiger partial charge in [-0.2, -0.15) is 0 Å². The van der Waals surface area contributed by atoms with Crippen molar-refractivity contribution in [2.24, 2.45) is 0 Å². The van der Waals surface area contributed by atoms with Crippen LogP contribution < -0.4 is 10.2 Å². The fraction of sp³-hybridized carbons (Fsp3) is 0.250. The minimum absolute atomic E-state index is 0.726. The minimum Gasteiger partial charge on any atom is -0.369 e. The summed E-state index contributed by atoms with van der Waals surface area (Å²) < 4.78 is 0. The molecule has 0 saturated carbocycles. The van der Waals surface area contributed by atoms with Crippen molar-refractivity contribution in [2.75, 3.05) is 31.1 Å². The predicted molar refractivity (Wildman–Crippen MR) is 87.0 cm³/mol. The van der Waals surface area contributed by atoms with E-state index in [4.69, 9.17) is 23.2 Å². The van der Waals surface area contributed by atoms with Gasteiger partial charge in [-0.1, -0.05) is 47.5 Å². The Morgan fingerprint density at radius 3 is 2.25 bits per heavy atom. The first-order chi connectivity index (χ1) is 9.75.